The first-order valence-corrected chi connectivity index (χ1v) is 19.6. The SMILES string of the molecule is CC1(C)c2ccccc2-c2c(N(c3ccc(-c4ccccc4)cc3)c3ccc4c(c3)C3(c5ccccc5-4)c4ccccc4-n4c3nc3ccccc34)cccc21. The van der Waals surface area contributed by atoms with Crippen molar-refractivity contribution in [3.05, 3.63) is 222 Å². The van der Waals surface area contributed by atoms with Crippen LogP contribution in [-0.2, 0) is 10.8 Å². The number of benzene rings is 8. The first-order valence-electron chi connectivity index (χ1n) is 19.6. The smallest absolute Gasteiger partial charge is 0.134 e. The van der Waals surface area contributed by atoms with E-state index in [1.54, 1.807) is 0 Å². The molecule has 3 heteroatoms. The van der Waals surface area contributed by atoms with Crippen molar-refractivity contribution < 1.29 is 0 Å². The van der Waals surface area contributed by atoms with Crippen molar-refractivity contribution in [3.8, 4) is 39.1 Å². The van der Waals surface area contributed by atoms with Crippen LogP contribution in [0.3, 0.4) is 0 Å². The quantitative estimate of drug-likeness (QED) is 0.181. The number of imidazole rings is 1. The second-order valence-corrected chi connectivity index (χ2v) is 15.9. The lowest BCUT2D eigenvalue weighted by Crippen LogP contribution is -2.27. The number of hydrogen-bond acceptors (Lipinski definition) is 2. The van der Waals surface area contributed by atoms with E-state index in [0.29, 0.717) is 0 Å². The summed E-state index contributed by atoms with van der Waals surface area (Å²) < 4.78 is 2.41. The molecule has 12 rings (SSSR count). The van der Waals surface area contributed by atoms with Crippen molar-refractivity contribution in [2.24, 2.45) is 0 Å². The lowest BCUT2D eigenvalue weighted by molar-refractivity contribution is 0.660. The van der Waals surface area contributed by atoms with Gasteiger partial charge >= 0.3 is 0 Å². The minimum Gasteiger partial charge on any atom is -0.310 e. The maximum atomic E-state index is 5.51. The van der Waals surface area contributed by atoms with Gasteiger partial charge in [-0.1, -0.05) is 153 Å². The fourth-order valence-electron chi connectivity index (χ4n) is 10.3. The average molecular weight is 716 g/mol. The highest BCUT2D eigenvalue weighted by molar-refractivity contribution is 5.97. The number of rotatable bonds is 4. The Kier molecular flexibility index (Phi) is 6.32. The van der Waals surface area contributed by atoms with Crippen LogP contribution in [0.1, 0.15) is 47.5 Å². The molecule has 1 unspecified atom stereocenters. The average Bonchev–Trinajstić information content (AvgIpc) is 3.94. The molecule has 8 aromatic carbocycles. The molecule has 1 atom stereocenters. The first kappa shape index (κ1) is 31.4. The Labute approximate surface area is 326 Å². The maximum Gasteiger partial charge on any atom is 0.134 e. The molecule has 1 aromatic heterocycles. The fraction of sp³-hybridized carbons (Fsp3) is 0.0755. The van der Waals surface area contributed by atoms with Gasteiger partial charge in [-0.3, -0.25) is 4.57 Å². The molecular formula is C53H37N3. The van der Waals surface area contributed by atoms with Gasteiger partial charge < -0.3 is 4.90 Å². The minimum absolute atomic E-state index is 0.124. The van der Waals surface area contributed by atoms with E-state index >= 15 is 0 Å². The van der Waals surface area contributed by atoms with E-state index in [0.717, 1.165) is 28.2 Å². The van der Waals surface area contributed by atoms with E-state index in [1.807, 2.05) is 0 Å². The molecule has 0 radical (unpaired) electrons. The summed E-state index contributed by atoms with van der Waals surface area (Å²) in [5.74, 6) is 1.05. The van der Waals surface area contributed by atoms with E-state index in [-0.39, 0.29) is 5.41 Å². The summed E-state index contributed by atoms with van der Waals surface area (Å²) >= 11 is 0. The van der Waals surface area contributed by atoms with Crippen LogP contribution in [0, 0.1) is 0 Å². The predicted molar refractivity (Wildman–Crippen MR) is 230 cm³/mol. The van der Waals surface area contributed by atoms with Gasteiger partial charge in [0.05, 0.1) is 22.4 Å². The standard InChI is InChI=1S/C53H37N3/c1-52(2)41-19-8-7-18-40(41)50-44(52)22-14-26-49(50)55(36-29-27-35(28-30-36)34-15-4-3-5-16-34)37-31-32-39-38-17-6-9-20-42(38)53(45(39)33-37)43-21-10-12-24-47(43)56-48-25-13-11-23-46(48)54-51(53)56/h3-33H,1-2H3. The monoisotopic (exact) mass is 715 g/mol. The number of para-hydroxylation sites is 3. The van der Waals surface area contributed by atoms with Gasteiger partial charge in [0.25, 0.3) is 0 Å². The van der Waals surface area contributed by atoms with Crippen molar-refractivity contribution in [1.29, 1.82) is 0 Å². The molecule has 264 valence electrons. The summed E-state index contributed by atoms with van der Waals surface area (Å²) in [6.07, 6.45) is 0. The number of hydrogen-bond donors (Lipinski definition) is 0. The third-order valence-electron chi connectivity index (χ3n) is 12.8. The predicted octanol–water partition coefficient (Wildman–Crippen LogP) is 13.1. The third-order valence-corrected chi connectivity index (χ3v) is 12.8. The van der Waals surface area contributed by atoms with Gasteiger partial charge in [-0.2, -0.15) is 0 Å². The Balaban J connectivity index is 1.14. The molecule has 0 saturated heterocycles. The zero-order valence-corrected chi connectivity index (χ0v) is 31.2. The molecule has 3 nitrogen and oxygen atoms in total. The van der Waals surface area contributed by atoms with Crippen LogP contribution in [0.5, 0.6) is 0 Å². The topological polar surface area (TPSA) is 21.1 Å². The highest BCUT2D eigenvalue weighted by Gasteiger charge is 2.54. The summed E-state index contributed by atoms with van der Waals surface area (Å²) in [7, 11) is 0. The summed E-state index contributed by atoms with van der Waals surface area (Å²) in [5.41, 5.74) is 20.1. The number of fused-ring (bicyclic) bond motifs is 15. The third kappa shape index (κ3) is 3.99. The number of nitrogens with zero attached hydrogens (tertiary/aromatic N) is 3. The van der Waals surface area contributed by atoms with Gasteiger partial charge in [0, 0.05) is 22.4 Å². The van der Waals surface area contributed by atoms with Gasteiger partial charge in [0.15, 0.2) is 0 Å². The Morgan fingerprint density at radius 1 is 0.464 bits per heavy atom. The van der Waals surface area contributed by atoms with Crippen molar-refractivity contribution in [2.75, 3.05) is 4.90 Å². The van der Waals surface area contributed by atoms with E-state index < -0.39 is 5.41 Å². The number of aromatic nitrogens is 2. The molecule has 0 fully saturated rings. The highest BCUT2D eigenvalue weighted by atomic mass is 15.2. The second kappa shape index (κ2) is 11.3. The van der Waals surface area contributed by atoms with E-state index in [2.05, 4.69) is 211 Å². The molecule has 2 aliphatic carbocycles. The Morgan fingerprint density at radius 2 is 1.09 bits per heavy atom. The van der Waals surface area contributed by atoms with Crippen LogP contribution in [-0.4, -0.2) is 9.55 Å². The lowest BCUT2D eigenvalue weighted by atomic mass is 9.73. The highest BCUT2D eigenvalue weighted by Crippen LogP contribution is 2.62. The van der Waals surface area contributed by atoms with Crippen LogP contribution in [0.15, 0.2) is 188 Å². The molecule has 0 saturated carbocycles. The van der Waals surface area contributed by atoms with Gasteiger partial charge in [0.1, 0.15) is 11.2 Å². The lowest BCUT2D eigenvalue weighted by Gasteiger charge is -2.31. The molecule has 0 N–H and O–H groups in total. The molecular weight excluding hydrogens is 679 g/mol. The summed E-state index contributed by atoms with van der Waals surface area (Å²) in [5, 5.41) is 0. The van der Waals surface area contributed by atoms with Crippen LogP contribution in [0.4, 0.5) is 17.1 Å². The molecule has 0 amide bonds. The van der Waals surface area contributed by atoms with Crippen molar-refractivity contribution in [2.45, 2.75) is 24.7 Å². The molecule has 9 aromatic rings. The van der Waals surface area contributed by atoms with Crippen molar-refractivity contribution in [3.63, 3.8) is 0 Å². The Bertz CT molecular complexity index is 3060. The summed E-state index contributed by atoms with van der Waals surface area (Å²) in [4.78, 5) is 8.00. The van der Waals surface area contributed by atoms with E-state index in [9.17, 15) is 0 Å². The van der Waals surface area contributed by atoms with Crippen LogP contribution >= 0.6 is 0 Å². The zero-order chi connectivity index (χ0) is 37.2. The van der Waals surface area contributed by atoms with Gasteiger partial charge in [-0.05, 0) is 104 Å². The van der Waals surface area contributed by atoms with Crippen molar-refractivity contribution in [1.82, 2.24) is 9.55 Å². The van der Waals surface area contributed by atoms with E-state index in [4.69, 9.17) is 4.98 Å². The second-order valence-electron chi connectivity index (χ2n) is 15.9. The van der Waals surface area contributed by atoms with Gasteiger partial charge in [-0.25, -0.2) is 4.98 Å². The van der Waals surface area contributed by atoms with E-state index in [1.165, 1.54) is 72.6 Å². The van der Waals surface area contributed by atoms with Crippen molar-refractivity contribution >= 4 is 28.1 Å². The van der Waals surface area contributed by atoms with Gasteiger partial charge in [0.2, 0.25) is 0 Å². The minimum atomic E-state index is -0.590. The zero-order valence-electron chi connectivity index (χ0n) is 31.2. The number of anilines is 3. The Morgan fingerprint density at radius 3 is 1.93 bits per heavy atom. The molecule has 1 aliphatic heterocycles. The molecule has 0 bridgehead atoms. The van der Waals surface area contributed by atoms with Crippen LogP contribution in [0.2, 0.25) is 0 Å². The normalized spacial score (nSPS) is 16.2. The molecule has 2 heterocycles. The van der Waals surface area contributed by atoms with Crippen LogP contribution in [0.25, 0.3) is 50.1 Å². The molecule has 56 heavy (non-hydrogen) atoms. The summed E-state index contributed by atoms with van der Waals surface area (Å²) in [6.45, 7) is 4.72. The first-order chi connectivity index (χ1) is 27.5. The maximum absolute atomic E-state index is 5.51. The summed E-state index contributed by atoms with van der Waals surface area (Å²) in [6, 6.07) is 69.2. The fourth-order valence-corrected chi connectivity index (χ4v) is 10.3. The largest absolute Gasteiger partial charge is 0.310 e. The Hall–Kier alpha value is -6.97. The molecule has 3 aliphatic rings. The van der Waals surface area contributed by atoms with Crippen LogP contribution < -0.4 is 4.90 Å². The van der Waals surface area contributed by atoms with Gasteiger partial charge in [-0.15, -0.1) is 0 Å². The molecule has 1 spiro atoms.